The highest BCUT2D eigenvalue weighted by Crippen LogP contribution is 2.39. The lowest BCUT2D eigenvalue weighted by molar-refractivity contribution is -0.143. The number of carbonyl (C=O) groups is 4. The zero-order valence-electron chi connectivity index (χ0n) is 48.4. The van der Waals surface area contributed by atoms with Gasteiger partial charge in [-0.05, 0) is 133 Å². The predicted octanol–water partition coefficient (Wildman–Crippen LogP) is 14.9. The molecule has 2 fully saturated rings. The first-order valence-electron chi connectivity index (χ1n) is 28.3. The molecule has 1 amide bonds. The molecule has 11 aromatic rings. The molecule has 8 aromatic carbocycles. The minimum atomic E-state index is -1.43. The van der Waals surface area contributed by atoms with Crippen LogP contribution in [0.4, 0.5) is 39.0 Å². The number of aliphatic carboxylic acids is 2. The van der Waals surface area contributed by atoms with E-state index < -0.39 is 42.8 Å². The summed E-state index contributed by atoms with van der Waals surface area (Å²) < 4.78 is 71.8. The topological polar surface area (TPSA) is 215 Å². The molecule has 2 saturated heterocycles. The molecule has 13 nitrogen and oxygen atoms in total. The van der Waals surface area contributed by atoms with Crippen LogP contribution in [-0.4, -0.2) is 69.5 Å². The Balaban J connectivity index is 0.000000171. The largest absolute Gasteiger partial charge is 0.499 e. The first-order valence-corrected chi connectivity index (χ1v) is 30.7. The summed E-state index contributed by atoms with van der Waals surface area (Å²) in [6.07, 6.45) is 3.54. The lowest BCUT2D eigenvalue weighted by Gasteiger charge is -2.30. The van der Waals surface area contributed by atoms with Crippen molar-refractivity contribution in [3.63, 3.8) is 0 Å². The Kier molecular flexibility index (Phi) is 26.2. The molecule has 2 aliphatic rings. The van der Waals surface area contributed by atoms with Crippen LogP contribution in [0.15, 0.2) is 212 Å². The second-order valence-corrected chi connectivity index (χ2v) is 23.6. The number of aldehydes is 1. The van der Waals surface area contributed by atoms with E-state index >= 15 is 0 Å². The maximum atomic E-state index is 14.5. The first-order chi connectivity index (χ1) is 43.5. The number of likely N-dealkylation sites (tertiary alicyclic amines) is 1. The van der Waals surface area contributed by atoms with Gasteiger partial charge in [0, 0.05) is 52.3 Å². The Morgan fingerprint density at radius 1 is 0.549 bits per heavy atom. The van der Waals surface area contributed by atoms with Crippen LogP contribution in [-0.2, 0) is 19.2 Å². The summed E-state index contributed by atoms with van der Waals surface area (Å²) in [5, 5.41) is 46.8. The third kappa shape index (κ3) is 19.3. The Hall–Kier alpha value is -9.00. The van der Waals surface area contributed by atoms with E-state index in [1.807, 2.05) is 97.1 Å². The van der Waals surface area contributed by atoms with Gasteiger partial charge in [0.1, 0.15) is 35.1 Å². The third-order valence-electron chi connectivity index (χ3n) is 14.1. The molecule has 0 saturated carbocycles. The fourth-order valence-electron chi connectivity index (χ4n) is 9.84. The molecule has 0 aliphatic carbocycles. The van der Waals surface area contributed by atoms with Crippen LogP contribution in [0.2, 0.25) is 0 Å². The lowest BCUT2D eigenvalue weighted by Crippen LogP contribution is -2.37. The maximum Gasteiger partial charge on any atom is 0.499 e. The van der Waals surface area contributed by atoms with Crippen LogP contribution < -0.4 is 26.5 Å². The second-order valence-electron chi connectivity index (χ2n) is 20.2. The van der Waals surface area contributed by atoms with Crippen molar-refractivity contribution in [3.05, 3.63) is 262 Å². The van der Waals surface area contributed by atoms with Gasteiger partial charge >= 0.3 is 19.1 Å². The molecule has 4 unspecified atom stereocenters. The van der Waals surface area contributed by atoms with E-state index in [-0.39, 0.29) is 71.2 Å². The smallest absolute Gasteiger partial charge is 0.479 e. The van der Waals surface area contributed by atoms with Crippen LogP contribution in [0, 0.1) is 29.1 Å². The average molecular weight is 1310 g/mol. The molecule has 13 rings (SSSR count). The lowest BCUT2D eigenvalue weighted by atomic mass is 9.89. The number of benzene rings is 8. The zero-order chi connectivity index (χ0) is 64.1. The van der Waals surface area contributed by atoms with Crippen LogP contribution >= 0.6 is 46.4 Å². The summed E-state index contributed by atoms with van der Waals surface area (Å²) in [6.45, 7) is 1.55. The number of hydrogen-bond acceptors (Lipinski definition) is 13. The highest BCUT2D eigenvalue weighted by molar-refractivity contribution is 7.27. The molecule has 5 heterocycles. The standard InChI is InChI=1S/C26H22F2N2OS.C16H12FNO2S.C10H12FN.C8H7BO2S.C6H6FN.C2H2O3.ClH/c27-19-10-3-2-9-18(19)22-13-7-15-30(22)26(31)25(29-21-12-5-4-11-20(21)28)24-16-17-8-1-6-14-23(17)32-24;17-11-6-2-3-7-12(11)18-15(16(19)20)14-9-10-5-1-4-8-13(10)21-14;11-9-5-2-1-4-8(9)10-6-3-7-12-10;10-9(11)8-5-6-3-1-2-4-7(6)12-8;7-5-3-1-2-4-6(5)8;3-1-2(4)5;/h1-6,8-12,14,16,22,25,29H,7,13,15H2;1-9,15,18H,(H,19,20);1-2,4-5,10,12H,3,6-7H2;1-5,10-11H;1-4H,8H2;1H,(H,4,5);1H. The molecule has 470 valence electrons. The molecule has 91 heavy (non-hydrogen) atoms. The van der Waals surface area contributed by atoms with Crippen LogP contribution in [0.5, 0.6) is 0 Å². The van der Waals surface area contributed by atoms with E-state index in [2.05, 4.69) is 16.0 Å². The minimum absolute atomic E-state index is 0. The number of nitrogen functional groups attached to an aromatic ring is 1. The van der Waals surface area contributed by atoms with Crippen LogP contribution in [0.25, 0.3) is 30.3 Å². The van der Waals surface area contributed by atoms with Gasteiger partial charge in [-0.25, -0.2) is 31.5 Å². The van der Waals surface area contributed by atoms with Gasteiger partial charge in [-0.3, -0.25) is 9.59 Å². The van der Waals surface area contributed by atoms with Gasteiger partial charge in [0.05, 0.1) is 23.1 Å². The highest BCUT2D eigenvalue weighted by atomic mass is 35.5. The first kappa shape index (κ1) is 69.5. The molecule has 0 bridgehead atoms. The van der Waals surface area contributed by atoms with E-state index in [1.54, 1.807) is 77.7 Å². The number of nitrogens with two attached hydrogens (primary N) is 1. The number of nitrogens with one attached hydrogen (secondary N) is 3. The number of carbonyl (C=O) groups excluding carboxylic acids is 2. The molecule has 9 N–H and O–H groups in total. The van der Waals surface area contributed by atoms with Gasteiger partial charge in [-0.15, -0.1) is 46.4 Å². The summed E-state index contributed by atoms with van der Waals surface area (Å²) >= 11 is 4.31. The second kappa shape index (κ2) is 34.3. The fraction of sp³-hybridized carbons (Fsp3) is 0.147. The SMILES string of the molecule is Cl.Fc1ccccc1C1CCCN1.Nc1ccccc1F.O=C(C(Nc1ccccc1F)c1cc2ccccc2s1)N1CCCC1c1ccccc1F.O=C(O)C(Nc1ccccc1F)c1cc2ccccc2s1.O=CC(=O)O.OB(O)c1cc2ccccc2s1. The van der Waals surface area contributed by atoms with Gasteiger partial charge in [0.2, 0.25) is 6.29 Å². The number of fused-ring (bicyclic) bond motifs is 3. The molecular formula is C68H62BClF5N5O8S3. The Bertz CT molecular complexity index is 4070. The highest BCUT2D eigenvalue weighted by Gasteiger charge is 2.37. The molecule has 0 spiro atoms. The number of rotatable bonds is 12. The Morgan fingerprint density at radius 3 is 1.41 bits per heavy atom. The van der Waals surface area contributed by atoms with E-state index in [1.165, 1.54) is 76.5 Å². The van der Waals surface area contributed by atoms with Crippen LogP contribution in [0.1, 0.15) is 70.7 Å². The summed E-state index contributed by atoms with van der Waals surface area (Å²) in [5.41, 5.74) is 7.14. The molecule has 23 heteroatoms. The van der Waals surface area contributed by atoms with Crippen molar-refractivity contribution in [3.8, 4) is 0 Å². The number of anilines is 3. The Labute approximate surface area is 539 Å². The van der Waals surface area contributed by atoms with Crippen molar-refractivity contribution in [2.24, 2.45) is 0 Å². The van der Waals surface area contributed by atoms with Gasteiger partial charge in [-0.1, -0.05) is 127 Å². The predicted molar refractivity (Wildman–Crippen MR) is 357 cm³/mol. The zero-order valence-corrected chi connectivity index (χ0v) is 51.6. The number of halogens is 6. The van der Waals surface area contributed by atoms with Crippen molar-refractivity contribution in [1.82, 2.24) is 10.2 Å². The summed E-state index contributed by atoms with van der Waals surface area (Å²) in [5.74, 6) is -4.27. The summed E-state index contributed by atoms with van der Waals surface area (Å²) in [6, 6.07) is 59.3. The number of nitrogens with zero attached hydrogens (tertiary/aromatic N) is 1. The number of hydrogen-bond donors (Lipinski definition) is 8. The van der Waals surface area contributed by atoms with Gasteiger partial charge in [0.25, 0.3) is 5.91 Å². The van der Waals surface area contributed by atoms with Gasteiger partial charge in [-0.2, -0.15) is 0 Å². The van der Waals surface area contributed by atoms with Crippen LogP contribution in [0.3, 0.4) is 0 Å². The van der Waals surface area contributed by atoms with Crippen molar-refractivity contribution >= 4 is 130 Å². The van der Waals surface area contributed by atoms with Gasteiger partial charge in [0.15, 0.2) is 6.04 Å². The van der Waals surface area contributed by atoms with Gasteiger partial charge < -0.3 is 46.8 Å². The molecule has 3 aromatic heterocycles. The van der Waals surface area contributed by atoms with E-state index in [9.17, 15) is 36.6 Å². The third-order valence-corrected chi connectivity index (χ3v) is 17.7. The number of amides is 1. The monoisotopic (exact) mass is 1310 g/mol. The number of thiophene rings is 3. The van der Waals surface area contributed by atoms with Crippen molar-refractivity contribution in [1.29, 1.82) is 0 Å². The molecule has 4 atom stereocenters. The number of carboxylic acid groups (broad SMARTS) is 2. The quantitative estimate of drug-likeness (QED) is 0.0189. The molecule has 0 radical (unpaired) electrons. The summed E-state index contributed by atoms with van der Waals surface area (Å²) in [7, 11) is -1.35. The van der Waals surface area contributed by atoms with Crippen molar-refractivity contribution < 1.29 is 61.4 Å². The maximum absolute atomic E-state index is 14.5. The van der Waals surface area contributed by atoms with E-state index in [0.717, 1.165) is 66.5 Å². The summed E-state index contributed by atoms with van der Waals surface area (Å²) in [4.78, 5) is 46.5. The fourth-order valence-corrected chi connectivity index (χ4v) is 13.0. The molecule has 2 aliphatic heterocycles. The molecular weight excluding hydrogens is 1250 g/mol. The normalized spacial score (nSPS) is 14.3. The number of carboxylic acids is 2. The van der Waals surface area contributed by atoms with Crippen molar-refractivity contribution in [2.75, 3.05) is 29.5 Å². The minimum Gasteiger partial charge on any atom is -0.479 e. The number of para-hydroxylation sites is 3. The van der Waals surface area contributed by atoms with E-state index in [4.69, 9.17) is 30.5 Å². The Morgan fingerprint density at radius 2 is 0.978 bits per heavy atom. The van der Waals surface area contributed by atoms with Crippen molar-refractivity contribution in [2.45, 2.75) is 49.9 Å². The average Bonchev–Trinajstić information content (AvgIpc) is 1.75. The van der Waals surface area contributed by atoms with E-state index in [0.29, 0.717) is 28.2 Å².